The fraction of sp³-hybridized carbons (Fsp3) is 0.533. The molecule has 20 heavy (non-hydrogen) atoms. The van der Waals surface area contributed by atoms with Gasteiger partial charge in [0.1, 0.15) is 11.6 Å². The number of amides is 1. The van der Waals surface area contributed by atoms with E-state index in [1.54, 1.807) is 0 Å². The highest BCUT2D eigenvalue weighted by atomic mass is 19.1. The Morgan fingerprint density at radius 2 is 1.95 bits per heavy atom. The molecule has 0 bridgehead atoms. The maximum atomic E-state index is 13.5. The third-order valence-corrected chi connectivity index (χ3v) is 4.00. The first-order valence-corrected chi connectivity index (χ1v) is 6.96. The van der Waals surface area contributed by atoms with Gasteiger partial charge in [-0.2, -0.15) is 0 Å². The first-order chi connectivity index (χ1) is 9.61. The van der Waals surface area contributed by atoms with Crippen LogP contribution in [-0.2, 0) is 0 Å². The molecule has 1 saturated carbocycles. The van der Waals surface area contributed by atoms with Crippen molar-refractivity contribution < 1.29 is 18.7 Å². The molecule has 0 aliphatic heterocycles. The first-order valence-electron chi connectivity index (χ1n) is 6.96. The van der Waals surface area contributed by atoms with Crippen LogP contribution >= 0.6 is 0 Å². The number of carbonyl (C=O) groups is 1. The summed E-state index contributed by atoms with van der Waals surface area (Å²) in [6, 6.07) is 2.91. The van der Waals surface area contributed by atoms with Crippen molar-refractivity contribution in [2.24, 2.45) is 11.8 Å². The zero-order valence-electron chi connectivity index (χ0n) is 11.2. The van der Waals surface area contributed by atoms with Crippen LogP contribution in [0.15, 0.2) is 18.2 Å². The Morgan fingerprint density at radius 3 is 2.60 bits per heavy atom. The lowest BCUT2D eigenvalue weighted by Gasteiger charge is -2.30. The molecule has 1 amide bonds. The van der Waals surface area contributed by atoms with Crippen molar-refractivity contribution in [3.8, 4) is 0 Å². The molecule has 1 aromatic rings. The van der Waals surface area contributed by atoms with Crippen LogP contribution in [0, 0.1) is 23.5 Å². The fourth-order valence-electron chi connectivity index (χ4n) is 2.79. The Balaban J connectivity index is 1.94. The molecule has 1 fully saturated rings. The Labute approximate surface area is 117 Å². The highest BCUT2D eigenvalue weighted by molar-refractivity contribution is 5.94. The lowest BCUT2D eigenvalue weighted by Crippen LogP contribution is -2.35. The van der Waals surface area contributed by atoms with Crippen molar-refractivity contribution >= 4 is 5.91 Å². The molecule has 2 N–H and O–H groups in total. The number of nitrogens with one attached hydrogen (secondary N) is 1. The van der Waals surface area contributed by atoms with E-state index in [9.17, 15) is 18.7 Å². The molecule has 1 aliphatic carbocycles. The third kappa shape index (κ3) is 3.54. The minimum absolute atomic E-state index is 0.117. The maximum absolute atomic E-state index is 13.5. The van der Waals surface area contributed by atoms with Crippen molar-refractivity contribution in [1.29, 1.82) is 0 Å². The van der Waals surface area contributed by atoms with Gasteiger partial charge in [-0.05, 0) is 36.8 Å². The molecule has 0 aromatic heterocycles. The average molecular weight is 283 g/mol. The summed E-state index contributed by atoms with van der Waals surface area (Å²) in [7, 11) is 0. The van der Waals surface area contributed by atoms with E-state index in [1.165, 1.54) is 0 Å². The molecule has 1 aliphatic rings. The zero-order valence-corrected chi connectivity index (χ0v) is 11.2. The molecule has 0 spiro atoms. The second kappa shape index (κ2) is 6.79. The number of rotatable bonds is 4. The quantitative estimate of drug-likeness (QED) is 0.892. The molecule has 0 saturated heterocycles. The lowest BCUT2D eigenvalue weighted by molar-refractivity contribution is 0.0905. The second-order valence-electron chi connectivity index (χ2n) is 5.32. The summed E-state index contributed by atoms with van der Waals surface area (Å²) in [5.41, 5.74) is -0.150. The highest BCUT2D eigenvalue weighted by Gasteiger charge is 2.25. The zero-order chi connectivity index (χ0) is 14.5. The van der Waals surface area contributed by atoms with Crippen LogP contribution in [0.3, 0.4) is 0 Å². The van der Waals surface area contributed by atoms with E-state index in [-0.39, 0.29) is 24.0 Å². The van der Waals surface area contributed by atoms with Crippen molar-refractivity contribution in [3.05, 3.63) is 35.4 Å². The van der Waals surface area contributed by atoms with Gasteiger partial charge in [0.05, 0.1) is 5.56 Å². The summed E-state index contributed by atoms with van der Waals surface area (Å²) < 4.78 is 26.3. The minimum atomic E-state index is -0.857. The topological polar surface area (TPSA) is 49.3 Å². The molecular formula is C15H19F2NO2. The van der Waals surface area contributed by atoms with Crippen LogP contribution in [0.5, 0.6) is 0 Å². The number of hydrogen-bond acceptors (Lipinski definition) is 2. The SMILES string of the molecule is O=C(NCC1CCCCC1CO)c1ccc(F)cc1F. The van der Waals surface area contributed by atoms with E-state index < -0.39 is 17.5 Å². The van der Waals surface area contributed by atoms with Crippen LogP contribution < -0.4 is 5.32 Å². The number of benzene rings is 1. The molecule has 2 atom stereocenters. The molecule has 0 radical (unpaired) electrons. The number of halogens is 2. The van der Waals surface area contributed by atoms with Crippen LogP contribution in [-0.4, -0.2) is 24.2 Å². The fourth-order valence-corrected chi connectivity index (χ4v) is 2.79. The summed E-state index contributed by atoms with van der Waals surface area (Å²) in [6.45, 7) is 0.534. The van der Waals surface area contributed by atoms with Gasteiger partial charge in [-0.15, -0.1) is 0 Å². The summed E-state index contributed by atoms with van der Waals surface area (Å²) in [5, 5.41) is 12.0. The molecule has 5 heteroatoms. The standard InChI is InChI=1S/C15H19F2NO2/c16-12-5-6-13(14(17)7-12)15(20)18-8-10-3-1-2-4-11(10)9-19/h5-7,10-11,19H,1-4,8-9H2,(H,18,20). The van der Waals surface area contributed by atoms with Crippen LogP contribution in [0.2, 0.25) is 0 Å². The number of aliphatic hydroxyl groups excluding tert-OH is 1. The molecule has 110 valence electrons. The third-order valence-electron chi connectivity index (χ3n) is 4.00. The molecule has 2 rings (SSSR count). The molecule has 1 aromatic carbocycles. The van der Waals surface area contributed by atoms with Gasteiger partial charge in [-0.3, -0.25) is 4.79 Å². The van der Waals surface area contributed by atoms with Crippen LogP contribution in [0.25, 0.3) is 0 Å². The summed E-state index contributed by atoms with van der Waals surface area (Å²) in [4.78, 5) is 11.9. The monoisotopic (exact) mass is 283 g/mol. The van der Waals surface area contributed by atoms with Gasteiger partial charge >= 0.3 is 0 Å². The van der Waals surface area contributed by atoms with Gasteiger partial charge < -0.3 is 10.4 Å². The van der Waals surface area contributed by atoms with Crippen molar-refractivity contribution in [2.45, 2.75) is 25.7 Å². The molecule has 3 nitrogen and oxygen atoms in total. The van der Waals surface area contributed by atoms with Gasteiger partial charge in [-0.1, -0.05) is 12.8 Å². The largest absolute Gasteiger partial charge is 0.396 e. The lowest BCUT2D eigenvalue weighted by atomic mass is 9.79. The van der Waals surface area contributed by atoms with Gasteiger partial charge in [0.25, 0.3) is 5.91 Å². The first kappa shape index (κ1) is 14.9. The Morgan fingerprint density at radius 1 is 1.25 bits per heavy atom. The Kier molecular flexibility index (Phi) is 5.06. The van der Waals surface area contributed by atoms with Gasteiger partial charge in [0.2, 0.25) is 0 Å². The van der Waals surface area contributed by atoms with E-state index >= 15 is 0 Å². The van der Waals surface area contributed by atoms with Crippen LogP contribution in [0.1, 0.15) is 36.0 Å². The Bertz CT molecular complexity index is 479. The van der Waals surface area contributed by atoms with E-state index in [2.05, 4.69) is 5.32 Å². The number of carbonyl (C=O) groups excluding carboxylic acids is 1. The van der Waals surface area contributed by atoms with E-state index in [1.807, 2.05) is 0 Å². The van der Waals surface area contributed by atoms with Crippen molar-refractivity contribution in [2.75, 3.05) is 13.2 Å². The average Bonchev–Trinajstić information content (AvgIpc) is 2.45. The predicted octanol–water partition coefficient (Wildman–Crippen LogP) is 2.49. The van der Waals surface area contributed by atoms with Gasteiger partial charge in [0, 0.05) is 19.2 Å². The van der Waals surface area contributed by atoms with E-state index in [0.29, 0.717) is 12.6 Å². The van der Waals surface area contributed by atoms with Gasteiger partial charge in [0.15, 0.2) is 0 Å². The van der Waals surface area contributed by atoms with Gasteiger partial charge in [-0.25, -0.2) is 8.78 Å². The van der Waals surface area contributed by atoms with Crippen molar-refractivity contribution in [3.63, 3.8) is 0 Å². The molecular weight excluding hydrogens is 264 g/mol. The van der Waals surface area contributed by atoms with Crippen LogP contribution in [0.4, 0.5) is 8.78 Å². The minimum Gasteiger partial charge on any atom is -0.396 e. The number of hydrogen-bond donors (Lipinski definition) is 2. The number of aliphatic hydroxyl groups is 1. The predicted molar refractivity (Wildman–Crippen MR) is 71.2 cm³/mol. The summed E-state index contributed by atoms with van der Waals surface area (Å²) >= 11 is 0. The normalized spacial score (nSPS) is 22.6. The summed E-state index contributed by atoms with van der Waals surface area (Å²) in [5.74, 6) is -1.68. The van der Waals surface area contributed by atoms with E-state index in [0.717, 1.165) is 37.8 Å². The second-order valence-corrected chi connectivity index (χ2v) is 5.32. The molecule has 2 unspecified atom stereocenters. The summed E-state index contributed by atoms with van der Waals surface area (Å²) in [6.07, 6.45) is 4.10. The maximum Gasteiger partial charge on any atom is 0.254 e. The molecule has 0 heterocycles. The van der Waals surface area contributed by atoms with E-state index in [4.69, 9.17) is 0 Å². The van der Waals surface area contributed by atoms with Crippen molar-refractivity contribution in [1.82, 2.24) is 5.32 Å². The Hall–Kier alpha value is -1.49. The smallest absolute Gasteiger partial charge is 0.254 e. The highest BCUT2D eigenvalue weighted by Crippen LogP contribution is 2.29.